The summed E-state index contributed by atoms with van der Waals surface area (Å²) < 4.78 is 5.76. The van der Waals surface area contributed by atoms with Crippen molar-refractivity contribution in [3.63, 3.8) is 0 Å². The molecule has 0 spiro atoms. The van der Waals surface area contributed by atoms with Crippen molar-refractivity contribution in [2.75, 3.05) is 0 Å². The lowest BCUT2D eigenvalue weighted by Crippen LogP contribution is -2.27. The van der Waals surface area contributed by atoms with Crippen molar-refractivity contribution in [3.05, 3.63) is 35.4 Å². The minimum Gasteiger partial charge on any atom is -0.483 e. The highest BCUT2D eigenvalue weighted by Crippen LogP contribution is 2.31. The average Bonchev–Trinajstić information content (AvgIpc) is 2.26. The molecule has 1 aromatic carbocycles. The van der Waals surface area contributed by atoms with Crippen LogP contribution in [0.5, 0.6) is 5.75 Å². The van der Waals surface area contributed by atoms with Gasteiger partial charge in [0, 0.05) is 11.1 Å². The Bertz CT molecular complexity index is 476. The van der Waals surface area contributed by atoms with Crippen LogP contribution < -0.4 is 10.5 Å². The van der Waals surface area contributed by atoms with Gasteiger partial charge in [-0.05, 0) is 38.1 Å². The Morgan fingerprint density at radius 1 is 1.44 bits per heavy atom. The van der Waals surface area contributed by atoms with E-state index < -0.39 is 0 Å². The summed E-state index contributed by atoms with van der Waals surface area (Å²) in [7, 11) is 0. The smallest absolute Gasteiger partial charge is 0.170 e. The lowest BCUT2D eigenvalue weighted by Gasteiger charge is -2.27. The van der Waals surface area contributed by atoms with Gasteiger partial charge < -0.3 is 15.7 Å². The van der Waals surface area contributed by atoms with Gasteiger partial charge in [-0.25, -0.2) is 0 Å². The van der Waals surface area contributed by atoms with Gasteiger partial charge in [-0.15, -0.1) is 0 Å². The maximum absolute atomic E-state index is 8.59. The zero-order valence-electron chi connectivity index (χ0n) is 9.27. The van der Waals surface area contributed by atoms with Crippen LogP contribution in [0.1, 0.15) is 25.0 Å². The summed E-state index contributed by atoms with van der Waals surface area (Å²) >= 11 is 0. The largest absolute Gasteiger partial charge is 0.483 e. The normalized spacial score (nSPS) is 17.8. The summed E-state index contributed by atoms with van der Waals surface area (Å²) in [5, 5.41) is 11.6. The van der Waals surface area contributed by atoms with Gasteiger partial charge in [0.2, 0.25) is 0 Å². The summed E-state index contributed by atoms with van der Waals surface area (Å²) in [6, 6.07) is 5.42. The highest BCUT2D eigenvalue weighted by molar-refractivity contribution is 5.97. The molecule has 0 unspecified atom stereocenters. The van der Waals surface area contributed by atoms with Crippen molar-refractivity contribution < 1.29 is 9.94 Å². The maximum Gasteiger partial charge on any atom is 0.170 e. The molecule has 1 aliphatic rings. The highest BCUT2D eigenvalue weighted by atomic mass is 16.5. The second-order valence-electron chi connectivity index (χ2n) is 4.28. The van der Waals surface area contributed by atoms with Gasteiger partial charge in [-0.3, -0.25) is 0 Å². The molecule has 84 valence electrons. The fourth-order valence-electron chi connectivity index (χ4n) is 1.60. The van der Waals surface area contributed by atoms with Crippen LogP contribution >= 0.6 is 0 Å². The standard InChI is InChI=1S/C12H14N2O2/c1-12(2)6-5-8-7-9(11(13)14-15)3-4-10(8)16-12/h3-7,15H,1-2H3,(H2,13,14). The predicted octanol–water partition coefficient (Wildman–Crippen LogP) is 1.97. The summed E-state index contributed by atoms with van der Waals surface area (Å²) in [5.41, 5.74) is 6.84. The summed E-state index contributed by atoms with van der Waals surface area (Å²) in [6.45, 7) is 3.98. The number of hydrogen-bond acceptors (Lipinski definition) is 3. The Morgan fingerprint density at radius 2 is 2.19 bits per heavy atom. The molecule has 0 saturated heterocycles. The van der Waals surface area contributed by atoms with Gasteiger partial charge in [0.05, 0.1) is 0 Å². The molecule has 4 nitrogen and oxygen atoms in total. The van der Waals surface area contributed by atoms with Gasteiger partial charge in [0.1, 0.15) is 11.4 Å². The number of ether oxygens (including phenoxy) is 1. The molecule has 0 saturated carbocycles. The van der Waals surface area contributed by atoms with Crippen LogP contribution in [-0.4, -0.2) is 16.6 Å². The number of nitrogens with two attached hydrogens (primary N) is 1. The summed E-state index contributed by atoms with van der Waals surface area (Å²) in [5.74, 6) is 0.906. The Morgan fingerprint density at radius 3 is 2.88 bits per heavy atom. The van der Waals surface area contributed by atoms with Gasteiger partial charge in [-0.2, -0.15) is 0 Å². The third-order valence-corrected chi connectivity index (χ3v) is 2.45. The molecule has 0 aromatic heterocycles. The first-order chi connectivity index (χ1) is 7.52. The van der Waals surface area contributed by atoms with E-state index >= 15 is 0 Å². The molecule has 16 heavy (non-hydrogen) atoms. The molecule has 4 heteroatoms. The molecule has 1 aliphatic heterocycles. The zero-order valence-corrected chi connectivity index (χ0v) is 9.27. The van der Waals surface area contributed by atoms with Crippen LogP contribution in [-0.2, 0) is 0 Å². The van der Waals surface area contributed by atoms with Crippen molar-refractivity contribution >= 4 is 11.9 Å². The van der Waals surface area contributed by atoms with E-state index in [4.69, 9.17) is 15.7 Å². The first kappa shape index (κ1) is 10.5. The van der Waals surface area contributed by atoms with E-state index in [0.717, 1.165) is 11.3 Å². The molecule has 0 atom stereocenters. The lowest BCUT2D eigenvalue weighted by molar-refractivity contribution is 0.159. The van der Waals surface area contributed by atoms with Crippen LogP contribution in [0.2, 0.25) is 0 Å². The van der Waals surface area contributed by atoms with Crippen LogP contribution in [0.3, 0.4) is 0 Å². The number of nitrogens with zero attached hydrogens (tertiary/aromatic N) is 1. The SMILES string of the molecule is CC1(C)C=Cc2cc(/C(N)=N/O)ccc2O1. The van der Waals surface area contributed by atoms with Crippen molar-refractivity contribution in [2.45, 2.75) is 19.4 Å². The van der Waals surface area contributed by atoms with Crippen molar-refractivity contribution in [2.24, 2.45) is 10.9 Å². The molecule has 0 radical (unpaired) electrons. The third kappa shape index (κ3) is 1.86. The number of amidine groups is 1. The highest BCUT2D eigenvalue weighted by Gasteiger charge is 2.21. The van der Waals surface area contributed by atoms with Crippen molar-refractivity contribution in [1.82, 2.24) is 0 Å². The third-order valence-electron chi connectivity index (χ3n) is 2.45. The molecule has 0 fully saturated rings. The quantitative estimate of drug-likeness (QED) is 0.328. The Labute approximate surface area is 94.0 Å². The second-order valence-corrected chi connectivity index (χ2v) is 4.28. The Hall–Kier alpha value is -1.97. The first-order valence-corrected chi connectivity index (χ1v) is 5.02. The fraction of sp³-hybridized carbons (Fsp3) is 0.250. The number of hydrogen-bond donors (Lipinski definition) is 2. The minimum atomic E-state index is -0.287. The number of fused-ring (bicyclic) bond motifs is 1. The maximum atomic E-state index is 8.59. The van der Waals surface area contributed by atoms with E-state index in [1.54, 1.807) is 6.07 Å². The van der Waals surface area contributed by atoms with E-state index in [1.165, 1.54) is 0 Å². The molecule has 3 N–H and O–H groups in total. The van der Waals surface area contributed by atoms with Crippen molar-refractivity contribution in [3.8, 4) is 5.75 Å². The summed E-state index contributed by atoms with van der Waals surface area (Å²) in [6.07, 6.45) is 3.96. The van der Waals surface area contributed by atoms with Gasteiger partial charge in [-0.1, -0.05) is 11.2 Å². The van der Waals surface area contributed by atoms with Gasteiger partial charge in [0.25, 0.3) is 0 Å². The average molecular weight is 218 g/mol. The number of rotatable bonds is 1. The Balaban J connectivity index is 2.43. The van der Waals surface area contributed by atoms with E-state index in [9.17, 15) is 0 Å². The van der Waals surface area contributed by atoms with Crippen molar-refractivity contribution in [1.29, 1.82) is 0 Å². The minimum absolute atomic E-state index is 0.0982. The van der Waals surface area contributed by atoms with E-state index in [1.807, 2.05) is 38.1 Å². The Kier molecular flexibility index (Phi) is 2.34. The lowest BCUT2D eigenvalue weighted by atomic mass is 10.0. The molecular formula is C12H14N2O2. The first-order valence-electron chi connectivity index (χ1n) is 5.02. The van der Waals surface area contributed by atoms with E-state index in [2.05, 4.69) is 5.16 Å². The topological polar surface area (TPSA) is 67.8 Å². The predicted molar refractivity (Wildman–Crippen MR) is 62.7 cm³/mol. The van der Waals surface area contributed by atoms with Crippen LogP contribution in [0.15, 0.2) is 29.4 Å². The monoisotopic (exact) mass is 218 g/mol. The van der Waals surface area contributed by atoms with Crippen LogP contribution in [0, 0.1) is 0 Å². The summed E-state index contributed by atoms with van der Waals surface area (Å²) in [4.78, 5) is 0. The second kappa shape index (κ2) is 3.56. The van der Waals surface area contributed by atoms with E-state index in [-0.39, 0.29) is 11.4 Å². The zero-order chi connectivity index (χ0) is 11.8. The van der Waals surface area contributed by atoms with Crippen LogP contribution in [0.25, 0.3) is 6.08 Å². The van der Waals surface area contributed by atoms with Gasteiger partial charge >= 0.3 is 0 Å². The van der Waals surface area contributed by atoms with E-state index in [0.29, 0.717) is 5.56 Å². The number of benzene rings is 1. The molecule has 0 amide bonds. The molecule has 1 heterocycles. The molecule has 1 aromatic rings. The van der Waals surface area contributed by atoms with Crippen LogP contribution in [0.4, 0.5) is 0 Å². The molecule has 0 bridgehead atoms. The van der Waals surface area contributed by atoms with Gasteiger partial charge in [0.15, 0.2) is 5.84 Å². The molecule has 2 rings (SSSR count). The fourth-order valence-corrected chi connectivity index (χ4v) is 1.60. The number of oxime groups is 1. The molecular weight excluding hydrogens is 204 g/mol. The molecule has 0 aliphatic carbocycles.